The van der Waals surface area contributed by atoms with Crippen LogP contribution >= 0.6 is 0 Å². The van der Waals surface area contributed by atoms with E-state index in [0.29, 0.717) is 29.5 Å². The maximum absolute atomic E-state index is 12.3. The highest BCUT2D eigenvalue weighted by atomic mass is 16.3. The second kappa shape index (κ2) is 10.8. The number of fused-ring (bicyclic) bond motifs is 2. The molecule has 3 N–H and O–H groups in total. The van der Waals surface area contributed by atoms with E-state index in [1.54, 1.807) is 6.07 Å². The van der Waals surface area contributed by atoms with Gasteiger partial charge in [0.15, 0.2) is 0 Å². The van der Waals surface area contributed by atoms with Crippen molar-refractivity contribution in [3.05, 3.63) is 35.4 Å². The van der Waals surface area contributed by atoms with Crippen LogP contribution in [0.25, 0.3) is 0 Å². The molecule has 32 heavy (non-hydrogen) atoms. The first-order chi connectivity index (χ1) is 15.5. The number of primary amides is 1. The Bertz CT molecular complexity index is 778. The Morgan fingerprint density at radius 3 is 2.44 bits per heavy atom. The summed E-state index contributed by atoms with van der Waals surface area (Å²) in [6.07, 6.45) is 12.0. The smallest absolute Gasteiger partial charge is 0.248 e. The maximum Gasteiger partial charge on any atom is 0.248 e. The first kappa shape index (κ1) is 23.2. The van der Waals surface area contributed by atoms with Crippen molar-refractivity contribution in [2.75, 3.05) is 26.2 Å². The average molecular weight is 442 g/mol. The Labute approximate surface area is 192 Å². The summed E-state index contributed by atoms with van der Waals surface area (Å²) in [6.45, 7) is 2.19. The molecule has 2 saturated heterocycles. The van der Waals surface area contributed by atoms with E-state index in [2.05, 4.69) is 11.0 Å². The fourth-order valence-corrected chi connectivity index (χ4v) is 6.40. The van der Waals surface area contributed by atoms with Gasteiger partial charge in [0.2, 0.25) is 11.8 Å². The molecular weight excluding hydrogens is 402 g/mol. The maximum atomic E-state index is 12.3. The third kappa shape index (κ3) is 5.52. The first-order valence-corrected chi connectivity index (χ1v) is 12.6. The quantitative estimate of drug-likeness (QED) is 0.616. The predicted molar refractivity (Wildman–Crippen MR) is 125 cm³/mol. The molecule has 6 nitrogen and oxygen atoms in total. The minimum atomic E-state index is -0.381. The van der Waals surface area contributed by atoms with E-state index >= 15 is 0 Å². The van der Waals surface area contributed by atoms with Crippen LogP contribution in [0.4, 0.5) is 0 Å². The second-order valence-electron chi connectivity index (χ2n) is 10.1. The molecule has 3 atom stereocenters. The van der Waals surface area contributed by atoms with Gasteiger partial charge in [-0.05, 0) is 74.5 Å². The molecule has 1 saturated carbocycles. The van der Waals surface area contributed by atoms with Crippen molar-refractivity contribution in [1.29, 1.82) is 0 Å². The van der Waals surface area contributed by atoms with Crippen molar-refractivity contribution in [1.82, 2.24) is 9.80 Å². The highest BCUT2D eigenvalue weighted by Gasteiger charge is 2.40. The van der Waals surface area contributed by atoms with Gasteiger partial charge < -0.3 is 15.7 Å². The number of benzene rings is 1. The summed E-state index contributed by atoms with van der Waals surface area (Å²) in [5, 5.41) is 9.44. The van der Waals surface area contributed by atoms with Crippen LogP contribution in [0.1, 0.15) is 86.0 Å². The van der Waals surface area contributed by atoms with E-state index in [1.807, 2.05) is 17.0 Å². The van der Waals surface area contributed by atoms with Crippen LogP contribution in [0.5, 0.6) is 0 Å². The Kier molecular flexibility index (Phi) is 7.84. The summed E-state index contributed by atoms with van der Waals surface area (Å²) in [5.74, 6) is 0.609. The van der Waals surface area contributed by atoms with Gasteiger partial charge in [0.1, 0.15) is 6.61 Å². The van der Waals surface area contributed by atoms with Gasteiger partial charge in [-0.15, -0.1) is 0 Å². The van der Waals surface area contributed by atoms with Crippen LogP contribution in [0.3, 0.4) is 0 Å². The minimum absolute atomic E-state index is 0.119. The third-order valence-corrected chi connectivity index (χ3v) is 8.06. The summed E-state index contributed by atoms with van der Waals surface area (Å²) < 4.78 is 0. The van der Waals surface area contributed by atoms with Crippen LogP contribution in [0.15, 0.2) is 24.3 Å². The number of hydrogen-bond donors (Lipinski definition) is 2. The second-order valence-corrected chi connectivity index (χ2v) is 10.1. The van der Waals surface area contributed by atoms with Crippen LogP contribution in [0.2, 0.25) is 0 Å². The summed E-state index contributed by atoms with van der Waals surface area (Å²) in [7, 11) is 0. The number of carbonyl (C=O) groups is 2. The number of amides is 2. The molecule has 6 heteroatoms. The molecular formula is C26H39N3O3. The van der Waals surface area contributed by atoms with Crippen molar-refractivity contribution in [3.8, 4) is 0 Å². The van der Waals surface area contributed by atoms with E-state index in [9.17, 15) is 14.7 Å². The molecule has 1 aromatic carbocycles. The SMILES string of the molecule is NC(=O)c1cccc(C2C[C@H]3CC[C@@H](C2)N3CCCN(CC2CCCCC2)C(=O)CO)c1. The van der Waals surface area contributed by atoms with Gasteiger partial charge in [0.05, 0.1) is 0 Å². The summed E-state index contributed by atoms with van der Waals surface area (Å²) >= 11 is 0. The molecule has 2 bridgehead atoms. The zero-order valence-electron chi connectivity index (χ0n) is 19.3. The van der Waals surface area contributed by atoms with Gasteiger partial charge in [0, 0.05) is 37.3 Å². The van der Waals surface area contributed by atoms with Gasteiger partial charge in [-0.1, -0.05) is 31.4 Å². The molecule has 2 heterocycles. The minimum Gasteiger partial charge on any atom is -0.387 e. The van der Waals surface area contributed by atoms with Crippen molar-refractivity contribution in [2.24, 2.45) is 11.7 Å². The zero-order chi connectivity index (χ0) is 22.5. The van der Waals surface area contributed by atoms with Crippen LogP contribution < -0.4 is 5.73 Å². The van der Waals surface area contributed by atoms with Gasteiger partial charge in [0.25, 0.3) is 0 Å². The normalized spacial score (nSPS) is 26.2. The van der Waals surface area contributed by atoms with Crippen LogP contribution in [-0.4, -0.2) is 65.0 Å². The fourth-order valence-electron chi connectivity index (χ4n) is 6.40. The number of rotatable bonds is 9. The highest BCUT2D eigenvalue weighted by Crippen LogP contribution is 2.43. The molecule has 1 aliphatic carbocycles. The largest absolute Gasteiger partial charge is 0.387 e. The average Bonchev–Trinajstić information content (AvgIpc) is 3.05. The Balaban J connectivity index is 1.30. The van der Waals surface area contributed by atoms with Crippen LogP contribution in [0, 0.1) is 5.92 Å². The predicted octanol–water partition coefficient (Wildman–Crippen LogP) is 3.29. The van der Waals surface area contributed by atoms with Crippen molar-refractivity contribution < 1.29 is 14.7 Å². The lowest BCUT2D eigenvalue weighted by Gasteiger charge is -2.39. The molecule has 176 valence electrons. The molecule has 0 radical (unpaired) electrons. The Hall–Kier alpha value is -1.92. The lowest BCUT2D eigenvalue weighted by Crippen LogP contribution is -2.44. The van der Waals surface area contributed by atoms with Gasteiger partial charge in [-0.2, -0.15) is 0 Å². The van der Waals surface area contributed by atoms with Gasteiger partial charge in [-0.3, -0.25) is 14.5 Å². The van der Waals surface area contributed by atoms with E-state index in [0.717, 1.165) is 38.9 Å². The molecule has 3 aliphatic rings. The van der Waals surface area contributed by atoms with Crippen LogP contribution in [-0.2, 0) is 4.79 Å². The van der Waals surface area contributed by atoms with E-state index in [4.69, 9.17) is 5.73 Å². The standard InChI is InChI=1S/C26H39N3O3/c27-26(32)21-9-4-8-20(14-21)22-15-23-10-11-24(16-22)29(23)13-5-12-28(25(31)18-30)17-19-6-2-1-3-7-19/h4,8-9,14,19,22-24,30H,1-3,5-7,10-13,15-18H2,(H2,27,32)/t22?,23-,24+. The first-order valence-electron chi connectivity index (χ1n) is 12.6. The number of aliphatic hydroxyl groups is 1. The van der Waals surface area contributed by atoms with E-state index in [-0.39, 0.29) is 18.4 Å². The number of hydrogen-bond acceptors (Lipinski definition) is 4. The molecule has 2 amide bonds. The molecule has 1 aromatic rings. The molecule has 2 aliphatic heterocycles. The molecule has 1 unspecified atom stereocenters. The Morgan fingerprint density at radius 1 is 1.06 bits per heavy atom. The van der Waals surface area contributed by atoms with E-state index in [1.165, 1.54) is 50.5 Å². The molecule has 4 rings (SSSR count). The van der Waals surface area contributed by atoms with Crippen molar-refractivity contribution >= 4 is 11.8 Å². The van der Waals surface area contributed by atoms with Gasteiger partial charge >= 0.3 is 0 Å². The lowest BCUT2D eigenvalue weighted by atomic mass is 9.84. The third-order valence-electron chi connectivity index (χ3n) is 8.06. The van der Waals surface area contributed by atoms with Gasteiger partial charge in [-0.25, -0.2) is 0 Å². The van der Waals surface area contributed by atoms with E-state index < -0.39 is 0 Å². The molecule has 0 aromatic heterocycles. The highest BCUT2D eigenvalue weighted by molar-refractivity contribution is 5.92. The summed E-state index contributed by atoms with van der Waals surface area (Å²) in [4.78, 5) is 28.5. The number of nitrogens with two attached hydrogens (primary N) is 1. The Morgan fingerprint density at radius 2 is 1.78 bits per heavy atom. The summed E-state index contributed by atoms with van der Waals surface area (Å²) in [5.41, 5.74) is 7.32. The fraction of sp³-hybridized carbons (Fsp3) is 0.692. The number of piperidine rings is 1. The lowest BCUT2D eigenvalue weighted by molar-refractivity contribution is -0.135. The number of nitrogens with zero attached hydrogens (tertiary/aromatic N) is 2. The summed E-state index contributed by atoms with van der Waals surface area (Å²) in [6, 6.07) is 9.01. The molecule has 0 spiro atoms. The zero-order valence-corrected chi connectivity index (χ0v) is 19.3. The number of carbonyl (C=O) groups excluding carboxylic acids is 2. The monoisotopic (exact) mass is 441 g/mol. The number of aliphatic hydroxyl groups excluding tert-OH is 1. The topological polar surface area (TPSA) is 86.9 Å². The van der Waals surface area contributed by atoms with Crippen molar-refractivity contribution in [3.63, 3.8) is 0 Å². The van der Waals surface area contributed by atoms with Crippen molar-refractivity contribution in [2.45, 2.75) is 82.2 Å². The molecule has 3 fully saturated rings.